The Bertz CT molecular complexity index is 589. The van der Waals surface area contributed by atoms with Crippen LogP contribution in [0.5, 0.6) is 0 Å². The zero-order chi connectivity index (χ0) is 14.9. The highest BCUT2D eigenvalue weighted by molar-refractivity contribution is 5.85. The molecule has 0 unspecified atom stereocenters. The molecule has 0 saturated carbocycles. The molecular weight excluding hydrogens is 270 g/mol. The molecule has 1 saturated heterocycles. The number of rotatable bonds is 2. The molecule has 1 fully saturated rings. The van der Waals surface area contributed by atoms with Gasteiger partial charge in [0, 0.05) is 17.3 Å². The van der Waals surface area contributed by atoms with E-state index >= 15 is 0 Å². The Labute approximate surface area is 113 Å². The zero-order valence-electron chi connectivity index (χ0n) is 10.6. The normalized spacial score (nSPS) is 21.9. The van der Waals surface area contributed by atoms with Crippen molar-refractivity contribution in [2.24, 2.45) is 5.92 Å². The van der Waals surface area contributed by atoms with Crippen molar-refractivity contribution in [3.8, 4) is 0 Å². The second-order valence-electron chi connectivity index (χ2n) is 4.27. The van der Waals surface area contributed by atoms with Crippen LogP contribution in [0.3, 0.4) is 0 Å². The lowest BCUT2D eigenvalue weighted by Gasteiger charge is -2.33. The van der Waals surface area contributed by atoms with E-state index in [2.05, 4.69) is 21.9 Å². The van der Waals surface area contributed by atoms with Crippen molar-refractivity contribution < 1.29 is 23.1 Å². The summed E-state index contributed by atoms with van der Waals surface area (Å²) in [7, 11) is 1.17. The third kappa shape index (κ3) is 2.47. The SMILES string of the molecule is C=C1NC(=O)N[C@@H](c2ccc(F)cc2F)[C@@H]1C(=O)OC. The summed E-state index contributed by atoms with van der Waals surface area (Å²) in [4.78, 5) is 23.2. The van der Waals surface area contributed by atoms with Crippen LogP contribution in [0.1, 0.15) is 11.6 Å². The van der Waals surface area contributed by atoms with Gasteiger partial charge in [-0.05, 0) is 6.07 Å². The Hall–Kier alpha value is -2.44. The molecule has 0 aliphatic carbocycles. The van der Waals surface area contributed by atoms with Crippen LogP contribution in [0.2, 0.25) is 0 Å². The Balaban J connectivity index is 2.45. The molecule has 1 aromatic rings. The maximum Gasteiger partial charge on any atom is 0.319 e. The molecule has 20 heavy (non-hydrogen) atoms. The molecule has 0 bridgehead atoms. The summed E-state index contributed by atoms with van der Waals surface area (Å²) in [5.41, 5.74) is 0.0760. The average Bonchev–Trinajstić information content (AvgIpc) is 2.37. The molecule has 0 aromatic heterocycles. The number of methoxy groups -OCH3 is 1. The summed E-state index contributed by atoms with van der Waals surface area (Å²) in [5, 5.41) is 4.75. The van der Waals surface area contributed by atoms with E-state index in [1.54, 1.807) is 0 Å². The number of hydrogen-bond acceptors (Lipinski definition) is 3. The maximum atomic E-state index is 13.8. The Morgan fingerprint density at radius 2 is 2.10 bits per heavy atom. The lowest BCUT2D eigenvalue weighted by atomic mass is 9.89. The molecule has 1 heterocycles. The number of urea groups is 1. The van der Waals surface area contributed by atoms with Crippen molar-refractivity contribution in [2.45, 2.75) is 6.04 Å². The lowest BCUT2D eigenvalue weighted by Crippen LogP contribution is -2.51. The second kappa shape index (κ2) is 5.28. The van der Waals surface area contributed by atoms with Gasteiger partial charge in [-0.2, -0.15) is 0 Å². The maximum absolute atomic E-state index is 13.8. The molecule has 0 radical (unpaired) electrons. The van der Waals surface area contributed by atoms with E-state index in [0.29, 0.717) is 6.07 Å². The van der Waals surface area contributed by atoms with E-state index < -0.39 is 35.6 Å². The molecule has 2 N–H and O–H groups in total. The number of hydrogen-bond donors (Lipinski definition) is 2. The summed E-state index contributed by atoms with van der Waals surface area (Å²) < 4.78 is 31.4. The Morgan fingerprint density at radius 1 is 1.40 bits per heavy atom. The summed E-state index contributed by atoms with van der Waals surface area (Å²) in [6.45, 7) is 3.57. The summed E-state index contributed by atoms with van der Waals surface area (Å²) >= 11 is 0. The van der Waals surface area contributed by atoms with Gasteiger partial charge in [0.05, 0.1) is 13.2 Å². The lowest BCUT2D eigenvalue weighted by molar-refractivity contribution is -0.145. The topological polar surface area (TPSA) is 67.4 Å². The zero-order valence-corrected chi connectivity index (χ0v) is 10.6. The highest BCUT2D eigenvalue weighted by Gasteiger charge is 2.39. The molecule has 106 valence electrons. The number of esters is 1. The minimum Gasteiger partial charge on any atom is -0.468 e. The van der Waals surface area contributed by atoms with Crippen molar-refractivity contribution in [3.63, 3.8) is 0 Å². The number of halogens is 2. The first kappa shape index (κ1) is 14.0. The van der Waals surface area contributed by atoms with E-state index in [-0.39, 0.29) is 11.3 Å². The van der Waals surface area contributed by atoms with E-state index in [1.165, 1.54) is 13.2 Å². The third-order valence-corrected chi connectivity index (χ3v) is 3.02. The van der Waals surface area contributed by atoms with Gasteiger partial charge in [0.25, 0.3) is 0 Å². The highest BCUT2D eigenvalue weighted by Crippen LogP contribution is 2.31. The van der Waals surface area contributed by atoms with Gasteiger partial charge in [-0.1, -0.05) is 12.6 Å². The standard InChI is InChI=1S/C13H12F2N2O3/c1-6-10(12(18)20-2)11(17-13(19)16-6)8-4-3-7(14)5-9(8)15/h3-5,10-11H,1H2,2H3,(H2,16,17,19)/t10-,11+/m1/s1. The Morgan fingerprint density at radius 3 is 2.70 bits per heavy atom. The number of ether oxygens (including phenoxy) is 1. The van der Waals surface area contributed by atoms with Gasteiger partial charge in [0.2, 0.25) is 0 Å². The fourth-order valence-electron chi connectivity index (χ4n) is 2.10. The summed E-state index contributed by atoms with van der Waals surface area (Å²) in [6, 6.07) is 1.27. The molecule has 2 amide bonds. The van der Waals surface area contributed by atoms with Crippen LogP contribution in [-0.2, 0) is 9.53 Å². The van der Waals surface area contributed by atoms with Gasteiger partial charge in [-0.15, -0.1) is 0 Å². The highest BCUT2D eigenvalue weighted by atomic mass is 19.1. The first-order chi connectivity index (χ1) is 9.43. The molecule has 5 nitrogen and oxygen atoms in total. The fraction of sp³-hybridized carbons (Fsp3) is 0.231. The van der Waals surface area contributed by atoms with Crippen LogP contribution in [-0.4, -0.2) is 19.1 Å². The molecule has 0 spiro atoms. The molecule has 1 aliphatic heterocycles. The quantitative estimate of drug-likeness (QED) is 0.810. The molecule has 1 aliphatic rings. The molecule has 1 aromatic carbocycles. The number of benzene rings is 1. The van der Waals surface area contributed by atoms with Gasteiger partial charge in [-0.25, -0.2) is 13.6 Å². The first-order valence-corrected chi connectivity index (χ1v) is 5.73. The van der Waals surface area contributed by atoms with Crippen LogP contribution in [0.25, 0.3) is 0 Å². The van der Waals surface area contributed by atoms with E-state index in [0.717, 1.165) is 6.07 Å². The molecular formula is C13H12F2N2O3. The Kier molecular flexibility index (Phi) is 3.69. The van der Waals surface area contributed by atoms with Crippen LogP contribution in [0.4, 0.5) is 13.6 Å². The predicted octanol–water partition coefficient (Wildman–Crippen LogP) is 1.62. The van der Waals surface area contributed by atoms with Gasteiger partial charge in [0.1, 0.15) is 17.6 Å². The summed E-state index contributed by atoms with van der Waals surface area (Å²) in [6.07, 6.45) is 0. The number of nitrogens with one attached hydrogen (secondary N) is 2. The van der Waals surface area contributed by atoms with Crippen molar-refractivity contribution >= 4 is 12.0 Å². The number of carbonyl (C=O) groups is 2. The average molecular weight is 282 g/mol. The number of amides is 2. The van der Waals surface area contributed by atoms with Crippen molar-refractivity contribution in [1.29, 1.82) is 0 Å². The van der Waals surface area contributed by atoms with Gasteiger partial charge >= 0.3 is 12.0 Å². The van der Waals surface area contributed by atoms with E-state index in [9.17, 15) is 18.4 Å². The fourth-order valence-corrected chi connectivity index (χ4v) is 2.10. The minimum atomic E-state index is -1.01. The van der Waals surface area contributed by atoms with Crippen LogP contribution in [0.15, 0.2) is 30.5 Å². The third-order valence-electron chi connectivity index (χ3n) is 3.02. The van der Waals surface area contributed by atoms with Crippen molar-refractivity contribution in [1.82, 2.24) is 10.6 Å². The number of carbonyl (C=O) groups excluding carboxylic acids is 2. The van der Waals surface area contributed by atoms with Gasteiger partial charge in [0.15, 0.2) is 0 Å². The summed E-state index contributed by atoms with van der Waals surface area (Å²) in [5.74, 6) is -3.30. The van der Waals surface area contributed by atoms with Gasteiger partial charge < -0.3 is 15.4 Å². The molecule has 2 atom stereocenters. The largest absolute Gasteiger partial charge is 0.468 e. The first-order valence-electron chi connectivity index (χ1n) is 5.73. The van der Waals surface area contributed by atoms with E-state index in [1.807, 2.05) is 0 Å². The van der Waals surface area contributed by atoms with Gasteiger partial charge in [-0.3, -0.25) is 4.79 Å². The second-order valence-corrected chi connectivity index (χ2v) is 4.27. The minimum absolute atomic E-state index is 0.0159. The monoisotopic (exact) mass is 282 g/mol. The smallest absolute Gasteiger partial charge is 0.319 e. The van der Waals surface area contributed by atoms with Crippen LogP contribution in [0, 0.1) is 17.6 Å². The van der Waals surface area contributed by atoms with Crippen LogP contribution >= 0.6 is 0 Å². The van der Waals surface area contributed by atoms with Crippen molar-refractivity contribution in [3.05, 3.63) is 47.7 Å². The van der Waals surface area contributed by atoms with Crippen molar-refractivity contribution in [2.75, 3.05) is 7.11 Å². The van der Waals surface area contributed by atoms with Crippen LogP contribution < -0.4 is 10.6 Å². The predicted molar refractivity (Wildman–Crippen MR) is 65.4 cm³/mol. The van der Waals surface area contributed by atoms with E-state index in [4.69, 9.17) is 0 Å². The molecule has 7 heteroatoms. The molecule has 2 rings (SSSR count).